The van der Waals surface area contributed by atoms with Gasteiger partial charge in [-0.1, -0.05) is 0 Å². The molecule has 0 saturated carbocycles. The summed E-state index contributed by atoms with van der Waals surface area (Å²) in [5, 5.41) is 4.93. The standard InChI is InChI=1S/C17H9F8N3O2/c18-7-3-8(19)13(21)14(12(7)20)26-17(29)11-2-1-6(30-11)5-28-10(16(24)25)4-9(27-28)15(22)23/h1-4,15-16H,5H2,(H,26,29). The molecule has 30 heavy (non-hydrogen) atoms. The van der Waals surface area contributed by atoms with Crippen molar-refractivity contribution in [3.05, 3.63) is 70.4 Å². The smallest absolute Gasteiger partial charge is 0.291 e. The molecule has 0 radical (unpaired) electrons. The minimum atomic E-state index is -3.13. The van der Waals surface area contributed by atoms with Crippen molar-refractivity contribution >= 4 is 11.6 Å². The van der Waals surface area contributed by atoms with Crippen molar-refractivity contribution < 1.29 is 44.3 Å². The van der Waals surface area contributed by atoms with Crippen molar-refractivity contribution in [3.8, 4) is 0 Å². The van der Waals surface area contributed by atoms with Crippen molar-refractivity contribution in [2.24, 2.45) is 0 Å². The molecule has 13 heteroatoms. The van der Waals surface area contributed by atoms with Crippen LogP contribution in [0.4, 0.5) is 40.8 Å². The van der Waals surface area contributed by atoms with E-state index in [2.05, 4.69) is 5.10 Å². The highest BCUT2D eigenvalue weighted by Crippen LogP contribution is 2.27. The van der Waals surface area contributed by atoms with Crippen molar-refractivity contribution in [1.29, 1.82) is 0 Å². The Morgan fingerprint density at radius 1 is 1.00 bits per heavy atom. The topological polar surface area (TPSA) is 60.1 Å². The summed E-state index contributed by atoms with van der Waals surface area (Å²) in [6.07, 6.45) is -6.23. The van der Waals surface area contributed by atoms with Crippen LogP contribution in [0, 0.1) is 23.3 Å². The average Bonchev–Trinajstić information content (AvgIpc) is 3.31. The van der Waals surface area contributed by atoms with Gasteiger partial charge in [-0.3, -0.25) is 9.48 Å². The highest BCUT2D eigenvalue weighted by atomic mass is 19.3. The third kappa shape index (κ3) is 4.14. The van der Waals surface area contributed by atoms with E-state index >= 15 is 0 Å². The van der Waals surface area contributed by atoms with Crippen molar-refractivity contribution in [3.63, 3.8) is 0 Å². The summed E-state index contributed by atoms with van der Waals surface area (Å²) in [6.45, 7) is -0.572. The maximum atomic E-state index is 13.6. The fraction of sp³-hybridized carbons (Fsp3) is 0.176. The van der Waals surface area contributed by atoms with E-state index in [4.69, 9.17) is 4.42 Å². The minimum absolute atomic E-state index is 0.0519. The zero-order chi connectivity index (χ0) is 22.2. The van der Waals surface area contributed by atoms with E-state index in [1.54, 1.807) is 5.32 Å². The Bertz CT molecular complexity index is 1070. The number of hydrogen-bond donors (Lipinski definition) is 1. The van der Waals surface area contributed by atoms with E-state index in [1.807, 2.05) is 0 Å². The summed E-state index contributed by atoms with van der Waals surface area (Å²) in [5.74, 6) is -9.33. The van der Waals surface area contributed by atoms with Gasteiger partial charge < -0.3 is 9.73 Å². The van der Waals surface area contributed by atoms with Crippen LogP contribution in [-0.2, 0) is 6.54 Å². The summed E-state index contributed by atoms with van der Waals surface area (Å²) in [5.41, 5.74) is -3.12. The fourth-order valence-corrected chi connectivity index (χ4v) is 2.45. The van der Waals surface area contributed by atoms with E-state index < -0.39 is 71.4 Å². The van der Waals surface area contributed by atoms with Crippen LogP contribution in [0.3, 0.4) is 0 Å². The Hall–Kier alpha value is -3.38. The minimum Gasteiger partial charge on any atom is -0.454 e. The first-order valence-corrected chi connectivity index (χ1v) is 7.95. The molecule has 1 amide bonds. The quantitative estimate of drug-likeness (QED) is 0.424. The van der Waals surface area contributed by atoms with E-state index in [1.165, 1.54) is 0 Å². The van der Waals surface area contributed by atoms with Gasteiger partial charge in [-0.05, 0) is 18.2 Å². The molecule has 160 valence electrons. The van der Waals surface area contributed by atoms with Gasteiger partial charge in [0.05, 0.1) is 6.54 Å². The molecule has 2 aromatic heterocycles. The molecule has 0 saturated heterocycles. The van der Waals surface area contributed by atoms with Gasteiger partial charge in [0.25, 0.3) is 18.8 Å². The van der Waals surface area contributed by atoms with Gasteiger partial charge in [0.15, 0.2) is 29.0 Å². The lowest BCUT2D eigenvalue weighted by molar-refractivity contribution is 0.0992. The average molecular weight is 439 g/mol. The molecule has 3 rings (SSSR count). The van der Waals surface area contributed by atoms with Crippen molar-refractivity contribution in [2.75, 3.05) is 5.32 Å². The molecule has 0 atom stereocenters. The lowest BCUT2D eigenvalue weighted by Gasteiger charge is -2.08. The number of nitrogens with one attached hydrogen (secondary N) is 1. The van der Waals surface area contributed by atoms with Gasteiger partial charge in [0.2, 0.25) is 0 Å². The summed E-state index contributed by atoms with van der Waals surface area (Å²) in [7, 11) is 0. The zero-order valence-electron chi connectivity index (χ0n) is 14.4. The number of aromatic nitrogens is 2. The number of carbonyl (C=O) groups excluding carboxylic acids is 1. The number of carbonyl (C=O) groups is 1. The van der Waals surface area contributed by atoms with Crippen LogP contribution in [0.25, 0.3) is 0 Å². The first-order valence-electron chi connectivity index (χ1n) is 7.95. The maximum absolute atomic E-state index is 13.6. The van der Waals surface area contributed by atoms with Gasteiger partial charge in [0, 0.05) is 6.07 Å². The molecule has 0 aliphatic carbocycles. The number of nitrogens with zero attached hydrogens (tertiary/aromatic N) is 2. The second kappa shape index (κ2) is 8.16. The van der Waals surface area contributed by atoms with Gasteiger partial charge in [-0.25, -0.2) is 35.1 Å². The highest BCUT2D eigenvalue weighted by Gasteiger charge is 2.24. The summed E-state index contributed by atoms with van der Waals surface area (Å²) < 4.78 is 111. The van der Waals surface area contributed by atoms with Gasteiger partial charge >= 0.3 is 0 Å². The monoisotopic (exact) mass is 439 g/mol. The first kappa shape index (κ1) is 21.3. The van der Waals surface area contributed by atoms with Crippen molar-refractivity contribution in [2.45, 2.75) is 19.4 Å². The molecule has 3 aromatic rings. The van der Waals surface area contributed by atoms with E-state index in [-0.39, 0.29) is 11.8 Å². The van der Waals surface area contributed by atoms with Crippen LogP contribution in [0.2, 0.25) is 0 Å². The Kier molecular flexibility index (Phi) is 5.80. The molecule has 0 fully saturated rings. The largest absolute Gasteiger partial charge is 0.454 e. The van der Waals surface area contributed by atoms with E-state index in [9.17, 15) is 39.9 Å². The summed E-state index contributed by atoms with van der Waals surface area (Å²) in [4.78, 5) is 12.1. The molecule has 0 bridgehead atoms. The molecule has 0 aliphatic heterocycles. The predicted octanol–water partition coefficient (Wildman–Crippen LogP) is 5.21. The Balaban J connectivity index is 1.82. The maximum Gasteiger partial charge on any atom is 0.291 e. The number of alkyl halides is 4. The van der Waals surface area contributed by atoms with Gasteiger partial charge in [-0.15, -0.1) is 0 Å². The highest BCUT2D eigenvalue weighted by molar-refractivity contribution is 6.02. The van der Waals surface area contributed by atoms with Crippen LogP contribution in [0.5, 0.6) is 0 Å². The fourth-order valence-electron chi connectivity index (χ4n) is 2.45. The second-order valence-corrected chi connectivity index (χ2v) is 5.82. The molecule has 2 heterocycles. The normalized spacial score (nSPS) is 11.5. The van der Waals surface area contributed by atoms with Crippen LogP contribution in [0.15, 0.2) is 28.7 Å². The summed E-state index contributed by atoms with van der Waals surface area (Å²) in [6, 6.07) is 2.52. The number of halogens is 8. The molecule has 5 nitrogen and oxygen atoms in total. The molecular weight excluding hydrogens is 430 g/mol. The van der Waals surface area contributed by atoms with Crippen LogP contribution in [0.1, 0.15) is 40.6 Å². The SMILES string of the molecule is O=C(Nc1c(F)c(F)cc(F)c1F)c1ccc(Cn2nc(C(F)F)cc2C(F)F)o1. The lowest BCUT2D eigenvalue weighted by Crippen LogP contribution is -2.15. The molecule has 0 aliphatic rings. The van der Waals surface area contributed by atoms with Crippen LogP contribution < -0.4 is 5.32 Å². The van der Waals surface area contributed by atoms with E-state index in [0.717, 1.165) is 12.1 Å². The Morgan fingerprint density at radius 2 is 1.63 bits per heavy atom. The van der Waals surface area contributed by atoms with Crippen LogP contribution in [-0.4, -0.2) is 15.7 Å². The molecule has 1 N–H and O–H groups in total. The molecule has 0 spiro atoms. The zero-order valence-corrected chi connectivity index (χ0v) is 14.4. The number of rotatable bonds is 6. The molecule has 0 unspecified atom stereocenters. The third-order valence-corrected chi connectivity index (χ3v) is 3.82. The summed E-state index contributed by atoms with van der Waals surface area (Å²) >= 11 is 0. The number of benzene rings is 1. The first-order chi connectivity index (χ1) is 14.1. The predicted molar refractivity (Wildman–Crippen MR) is 84.2 cm³/mol. The van der Waals surface area contributed by atoms with Gasteiger partial charge in [-0.2, -0.15) is 5.10 Å². The number of furan rings is 1. The molecular formula is C17H9F8N3O2. The van der Waals surface area contributed by atoms with Crippen molar-refractivity contribution in [1.82, 2.24) is 9.78 Å². The Labute approximate surface area is 161 Å². The van der Waals surface area contributed by atoms with E-state index in [0.29, 0.717) is 10.7 Å². The second-order valence-electron chi connectivity index (χ2n) is 5.82. The third-order valence-electron chi connectivity index (χ3n) is 3.82. The van der Waals surface area contributed by atoms with Gasteiger partial charge in [0.1, 0.15) is 22.8 Å². The lowest BCUT2D eigenvalue weighted by atomic mass is 10.2. The number of anilines is 1. The van der Waals surface area contributed by atoms with Crippen LogP contribution >= 0.6 is 0 Å². The Morgan fingerprint density at radius 3 is 2.20 bits per heavy atom. The number of hydrogen-bond acceptors (Lipinski definition) is 3. The molecule has 1 aromatic carbocycles. The number of amides is 1.